The van der Waals surface area contributed by atoms with Gasteiger partial charge in [0.2, 0.25) is 11.9 Å². The maximum atomic E-state index is 12.4. The van der Waals surface area contributed by atoms with Crippen LogP contribution in [0.5, 0.6) is 0 Å². The number of thiazole rings is 1. The Kier molecular flexibility index (Phi) is 12.1. The molecule has 45 heavy (non-hydrogen) atoms. The monoisotopic (exact) mass is 644 g/mol. The Morgan fingerprint density at radius 3 is 2.16 bits per heavy atom. The van der Waals surface area contributed by atoms with Crippen molar-refractivity contribution in [2.24, 2.45) is 10.9 Å². The van der Waals surface area contributed by atoms with Crippen LogP contribution >= 0.6 is 11.3 Å². The number of rotatable bonds is 8. The summed E-state index contributed by atoms with van der Waals surface area (Å²) < 4.78 is 10.6. The van der Waals surface area contributed by atoms with Gasteiger partial charge in [0.1, 0.15) is 11.2 Å². The van der Waals surface area contributed by atoms with Crippen molar-refractivity contribution < 1.29 is 33.8 Å². The Balaban J connectivity index is 1.68. The molecule has 0 unspecified atom stereocenters. The highest BCUT2D eigenvalue weighted by molar-refractivity contribution is 7.15. The first-order valence-corrected chi connectivity index (χ1v) is 15.7. The Morgan fingerprint density at radius 1 is 0.978 bits per heavy atom. The second-order valence-electron chi connectivity index (χ2n) is 12.8. The zero-order valence-corrected chi connectivity index (χ0v) is 27.8. The average molecular weight is 645 g/mol. The van der Waals surface area contributed by atoms with Gasteiger partial charge in [-0.15, -0.1) is 16.3 Å². The molecule has 1 saturated heterocycles. The first-order valence-electron chi connectivity index (χ1n) is 14.8. The number of hydrogen-bond acceptors (Lipinski definition) is 9. The number of likely N-dealkylation sites (tertiary alicyclic amines) is 1. The van der Waals surface area contributed by atoms with Crippen molar-refractivity contribution in [3.8, 4) is 0 Å². The number of carbonyl (C=O) groups excluding carboxylic acids is 3. The van der Waals surface area contributed by atoms with Crippen molar-refractivity contribution in [3.63, 3.8) is 0 Å². The second-order valence-corrected chi connectivity index (χ2v) is 13.9. The summed E-state index contributed by atoms with van der Waals surface area (Å²) in [5, 5.41) is 18.0. The van der Waals surface area contributed by atoms with E-state index in [-0.39, 0.29) is 17.8 Å². The molecule has 2 heterocycles. The molecule has 13 nitrogen and oxygen atoms in total. The molecule has 1 fully saturated rings. The molecule has 0 spiro atoms. The van der Waals surface area contributed by atoms with Gasteiger partial charge in [-0.1, -0.05) is 12.1 Å². The smallest absolute Gasteiger partial charge is 0.437 e. The topological polar surface area (TPSA) is 172 Å². The second kappa shape index (κ2) is 15.3. The molecule has 0 atom stereocenters. The van der Waals surface area contributed by atoms with E-state index in [1.807, 2.05) is 12.1 Å². The van der Waals surface area contributed by atoms with Crippen molar-refractivity contribution in [1.82, 2.24) is 15.2 Å². The van der Waals surface area contributed by atoms with Gasteiger partial charge >= 0.3 is 18.2 Å². The van der Waals surface area contributed by atoms with Crippen molar-refractivity contribution in [1.29, 1.82) is 0 Å². The number of nitrogens with zero attached hydrogens (tertiary/aromatic N) is 3. The van der Waals surface area contributed by atoms with Crippen LogP contribution in [0.2, 0.25) is 0 Å². The SMILES string of the molecule is CC(=O)Nc1nc(CCc2ccc(N/C(=N/C(=O)OC(C)(C)C)NC(=O)OC(C)(C)C)cc2)c(CN2CCC(C(=O)O)CC2)s1. The van der Waals surface area contributed by atoms with Gasteiger partial charge in [0, 0.05) is 24.0 Å². The van der Waals surface area contributed by atoms with Crippen LogP contribution in [0, 0.1) is 5.92 Å². The molecule has 1 aromatic carbocycles. The molecule has 1 aromatic heterocycles. The number of aliphatic imine (C=N–C) groups is 1. The van der Waals surface area contributed by atoms with E-state index < -0.39 is 29.4 Å². The molecule has 246 valence electrons. The lowest BCUT2D eigenvalue weighted by Gasteiger charge is -2.29. The number of amides is 3. The summed E-state index contributed by atoms with van der Waals surface area (Å²) in [6, 6.07) is 7.43. The summed E-state index contributed by atoms with van der Waals surface area (Å²) in [4.78, 5) is 59.6. The van der Waals surface area contributed by atoms with Gasteiger partial charge in [0.15, 0.2) is 5.13 Å². The third-order valence-corrected chi connectivity index (χ3v) is 7.45. The Morgan fingerprint density at radius 2 is 1.60 bits per heavy atom. The van der Waals surface area contributed by atoms with E-state index in [9.17, 15) is 24.3 Å². The largest absolute Gasteiger partial charge is 0.481 e. The van der Waals surface area contributed by atoms with Gasteiger partial charge in [-0.2, -0.15) is 0 Å². The lowest BCUT2D eigenvalue weighted by atomic mass is 9.97. The van der Waals surface area contributed by atoms with Gasteiger partial charge in [0.05, 0.1) is 11.6 Å². The van der Waals surface area contributed by atoms with Crippen LogP contribution in [0.4, 0.5) is 20.4 Å². The summed E-state index contributed by atoms with van der Waals surface area (Å²) in [6.07, 6.45) is 0.876. The van der Waals surface area contributed by atoms with Crippen LogP contribution in [-0.2, 0) is 38.4 Å². The van der Waals surface area contributed by atoms with Gasteiger partial charge < -0.3 is 25.2 Å². The van der Waals surface area contributed by atoms with Gasteiger partial charge in [-0.25, -0.2) is 14.6 Å². The molecule has 3 amide bonds. The number of piperidine rings is 1. The summed E-state index contributed by atoms with van der Waals surface area (Å²) in [5.74, 6) is -1.38. The van der Waals surface area contributed by atoms with Crippen LogP contribution in [0.25, 0.3) is 0 Å². The van der Waals surface area contributed by atoms with Crippen LogP contribution in [0.15, 0.2) is 29.3 Å². The van der Waals surface area contributed by atoms with Crippen LogP contribution in [-0.4, -0.2) is 69.3 Å². The van der Waals surface area contributed by atoms with Crippen LogP contribution < -0.4 is 16.0 Å². The van der Waals surface area contributed by atoms with Crippen molar-refractivity contribution in [2.45, 2.75) is 91.9 Å². The number of aryl methyl sites for hydroxylation is 2. The Bertz CT molecular complexity index is 1380. The first-order chi connectivity index (χ1) is 21.0. The molecule has 1 aliphatic rings. The van der Waals surface area contributed by atoms with E-state index in [1.54, 1.807) is 53.7 Å². The fourth-order valence-electron chi connectivity index (χ4n) is 4.47. The number of guanidine groups is 1. The highest BCUT2D eigenvalue weighted by Gasteiger charge is 2.26. The molecule has 3 rings (SSSR count). The number of carbonyl (C=O) groups is 4. The third-order valence-electron chi connectivity index (χ3n) is 6.45. The summed E-state index contributed by atoms with van der Waals surface area (Å²) in [5.41, 5.74) is 0.966. The van der Waals surface area contributed by atoms with E-state index in [1.165, 1.54) is 18.3 Å². The van der Waals surface area contributed by atoms with Gasteiger partial charge in [-0.05, 0) is 98.0 Å². The number of carboxylic acids is 1. The van der Waals surface area contributed by atoms with E-state index in [2.05, 4.69) is 30.8 Å². The lowest BCUT2D eigenvalue weighted by Crippen LogP contribution is -2.40. The number of aromatic nitrogens is 1. The molecule has 0 bridgehead atoms. The third kappa shape index (κ3) is 12.8. The predicted molar refractivity (Wildman–Crippen MR) is 173 cm³/mol. The molecule has 0 aliphatic carbocycles. The quantitative estimate of drug-likeness (QED) is 0.215. The highest BCUT2D eigenvalue weighted by Crippen LogP contribution is 2.28. The zero-order valence-electron chi connectivity index (χ0n) is 27.0. The van der Waals surface area contributed by atoms with Crippen molar-refractivity contribution in [3.05, 3.63) is 40.4 Å². The predicted octanol–water partition coefficient (Wildman–Crippen LogP) is 5.41. The number of anilines is 2. The Hall–Kier alpha value is -4.04. The molecule has 4 N–H and O–H groups in total. The van der Waals surface area contributed by atoms with E-state index in [0.717, 1.165) is 16.1 Å². The number of nitrogens with one attached hydrogen (secondary N) is 3. The molecule has 1 aliphatic heterocycles. The van der Waals surface area contributed by atoms with Gasteiger partial charge in [-0.3, -0.25) is 19.8 Å². The van der Waals surface area contributed by atoms with Gasteiger partial charge in [0.25, 0.3) is 0 Å². The number of carboxylic acid groups (broad SMARTS) is 1. The molecule has 0 saturated carbocycles. The number of aliphatic carboxylic acids is 1. The fourth-order valence-corrected chi connectivity index (χ4v) is 5.56. The number of alkyl carbamates (subject to hydrolysis) is 1. The van der Waals surface area contributed by atoms with Crippen molar-refractivity contribution in [2.75, 3.05) is 23.7 Å². The molecule has 0 radical (unpaired) electrons. The molecular formula is C31H44N6O7S. The van der Waals surface area contributed by atoms with Crippen molar-refractivity contribution >= 4 is 52.2 Å². The number of hydrogen-bond donors (Lipinski definition) is 4. The Labute approximate surface area is 267 Å². The summed E-state index contributed by atoms with van der Waals surface area (Å²) in [6.45, 7) is 13.8. The van der Waals surface area contributed by atoms with E-state index in [0.29, 0.717) is 56.1 Å². The minimum absolute atomic E-state index is 0.142. The molecule has 2 aromatic rings. The minimum Gasteiger partial charge on any atom is -0.481 e. The lowest BCUT2D eigenvalue weighted by molar-refractivity contribution is -0.143. The average Bonchev–Trinajstić information content (AvgIpc) is 3.26. The summed E-state index contributed by atoms with van der Waals surface area (Å²) >= 11 is 1.44. The maximum absolute atomic E-state index is 12.4. The highest BCUT2D eigenvalue weighted by atomic mass is 32.1. The number of benzene rings is 1. The summed E-state index contributed by atoms with van der Waals surface area (Å²) in [7, 11) is 0. The first kappa shape index (κ1) is 35.4. The van der Waals surface area contributed by atoms with Crippen LogP contribution in [0.1, 0.15) is 77.4 Å². The zero-order chi connectivity index (χ0) is 33.4. The van der Waals surface area contributed by atoms with E-state index in [4.69, 9.17) is 9.47 Å². The normalized spacial score (nSPS) is 14.9. The standard InChI is InChI=1S/C31H44N6O7S/c1-19(38)32-27-34-23(24(45-27)18-37-16-14-21(15-17-37)25(39)40)13-10-20-8-11-22(12-9-20)33-26(35-28(41)43-30(2,3)4)36-29(42)44-31(5,6)7/h8-9,11-12,21H,10,13-18H2,1-7H3,(H,39,40)(H,32,34,38)(H2,33,35,36,41,42). The fraction of sp³-hybridized carbons (Fsp3) is 0.548. The number of ether oxygens (including phenoxy) is 2. The van der Waals surface area contributed by atoms with Crippen LogP contribution in [0.3, 0.4) is 0 Å². The molecule has 14 heteroatoms. The maximum Gasteiger partial charge on any atom is 0.437 e. The van der Waals surface area contributed by atoms with E-state index >= 15 is 0 Å². The molecular weight excluding hydrogens is 600 g/mol. The minimum atomic E-state index is -0.873.